The summed E-state index contributed by atoms with van der Waals surface area (Å²) < 4.78 is 40.2. The summed E-state index contributed by atoms with van der Waals surface area (Å²) >= 11 is 1.35. The van der Waals surface area contributed by atoms with Gasteiger partial charge in [0.25, 0.3) is 10.0 Å². The van der Waals surface area contributed by atoms with Gasteiger partial charge in [-0.15, -0.1) is 11.3 Å². The summed E-state index contributed by atoms with van der Waals surface area (Å²) in [5, 5.41) is 8.73. The third-order valence-electron chi connectivity index (χ3n) is 2.74. The van der Waals surface area contributed by atoms with E-state index in [0.29, 0.717) is 4.88 Å². The van der Waals surface area contributed by atoms with Crippen molar-refractivity contribution in [3.8, 4) is 0 Å². The molecule has 0 unspecified atom stereocenters. The monoisotopic (exact) mass is 329 g/mol. The fourth-order valence-corrected chi connectivity index (χ4v) is 4.44. The molecule has 2 rings (SSSR count). The molecule has 2 N–H and O–H groups in total. The second-order valence-corrected chi connectivity index (χ2v) is 7.49. The Bertz CT molecular complexity index is 812. The number of carboxylic acid groups (broad SMARTS) is 1. The molecule has 0 fully saturated rings. The van der Waals surface area contributed by atoms with Gasteiger partial charge >= 0.3 is 5.97 Å². The van der Waals surface area contributed by atoms with E-state index in [1.165, 1.54) is 23.5 Å². The van der Waals surface area contributed by atoms with E-state index < -0.39 is 27.4 Å². The number of anilines is 1. The van der Waals surface area contributed by atoms with E-state index in [0.717, 1.165) is 17.0 Å². The molecule has 21 heavy (non-hydrogen) atoms. The Labute approximate surface area is 125 Å². The molecule has 2 aromatic rings. The molecular formula is C13H12FNO4S2. The van der Waals surface area contributed by atoms with E-state index in [1.807, 2.05) is 0 Å². The van der Waals surface area contributed by atoms with E-state index in [2.05, 4.69) is 4.72 Å². The Hall–Kier alpha value is -1.93. The smallest absolute Gasteiger partial charge is 0.338 e. The number of thiophene rings is 1. The topological polar surface area (TPSA) is 83.5 Å². The minimum Gasteiger partial charge on any atom is -0.478 e. The van der Waals surface area contributed by atoms with Crippen LogP contribution in [0.5, 0.6) is 0 Å². The number of rotatable bonds is 4. The van der Waals surface area contributed by atoms with Crippen molar-refractivity contribution in [2.45, 2.75) is 18.7 Å². The van der Waals surface area contributed by atoms with E-state index in [4.69, 9.17) is 5.11 Å². The maximum Gasteiger partial charge on any atom is 0.338 e. The molecule has 1 aromatic carbocycles. The van der Waals surface area contributed by atoms with Crippen LogP contribution in [0.4, 0.5) is 10.1 Å². The molecule has 0 aliphatic heterocycles. The highest BCUT2D eigenvalue weighted by Crippen LogP contribution is 2.27. The maximum atomic E-state index is 13.5. The molecule has 0 saturated carbocycles. The predicted molar refractivity (Wildman–Crippen MR) is 78.0 cm³/mol. The number of aryl methyl sites for hydroxylation is 2. The standard InChI is InChI=1S/C13H12FNO4S2/c1-7-5-12(8(2)20-7)21(18,19)15-9-3-4-10(13(16)17)11(14)6-9/h3-6,15H,1-2H3,(H,16,17). The number of benzene rings is 1. The van der Waals surface area contributed by atoms with E-state index in [1.54, 1.807) is 13.8 Å². The number of halogens is 1. The molecular weight excluding hydrogens is 317 g/mol. The van der Waals surface area contributed by atoms with Crippen molar-refractivity contribution in [2.24, 2.45) is 0 Å². The summed E-state index contributed by atoms with van der Waals surface area (Å²) in [5.74, 6) is -2.41. The molecule has 0 amide bonds. The van der Waals surface area contributed by atoms with Crippen LogP contribution < -0.4 is 4.72 Å². The van der Waals surface area contributed by atoms with Crippen molar-refractivity contribution in [2.75, 3.05) is 4.72 Å². The number of hydrogen-bond donors (Lipinski definition) is 2. The van der Waals surface area contributed by atoms with Gasteiger partial charge in [0.1, 0.15) is 10.7 Å². The van der Waals surface area contributed by atoms with Gasteiger partial charge in [-0.1, -0.05) is 0 Å². The van der Waals surface area contributed by atoms with Crippen molar-refractivity contribution in [3.63, 3.8) is 0 Å². The number of hydrogen-bond acceptors (Lipinski definition) is 4. The molecule has 112 valence electrons. The van der Waals surface area contributed by atoms with Crippen LogP contribution >= 0.6 is 11.3 Å². The fraction of sp³-hybridized carbons (Fsp3) is 0.154. The van der Waals surface area contributed by atoms with Gasteiger partial charge in [0, 0.05) is 9.75 Å². The lowest BCUT2D eigenvalue weighted by Crippen LogP contribution is -2.13. The van der Waals surface area contributed by atoms with Crippen LogP contribution in [0.3, 0.4) is 0 Å². The van der Waals surface area contributed by atoms with Gasteiger partial charge in [-0.3, -0.25) is 4.72 Å². The largest absolute Gasteiger partial charge is 0.478 e. The van der Waals surface area contributed by atoms with E-state index >= 15 is 0 Å². The SMILES string of the molecule is Cc1cc(S(=O)(=O)Nc2ccc(C(=O)O)c(F)c2)c(C)s1. The Morgan fingerprint density at radius 3 is 2.43 bits per heavy atom. The lowest BCUT2D eigenvalue weighted by atomic mass is 10.2. The Morgan fingerprint density at radius 1 is 1.29 bits per heavy atom. The normalized spacial score (nSPS) is 11.4. The molecule has 8 heteroatoms. The highest BCUT2D eigenvalue weighted by Gasteiger charge is 2.20. The Kier molecular flexibility index (Phi) is 4.02. The van der Waals surface area contributed by atoms with Crippen molar-refractivity contribution < 1.29 is 22.7 Å². The highest BCUT2D eigenvalue weighted by atomic mass is 32.2. The van der Waals surface area contributed by atoms with Crippen LogP contribution in [-0.4, -0.2) is 19.5 Å². The van der Waals surface area contributed by atoms with E-state index in [-0.39, 0.29) is 10.6 Å². The van der Waals surface area contributed by atoms with Crippen LogP contribution in [0.1, 0.15) is 20.1 Å². The molecule has 0 aliphatic rings. The summed E-state index contributed by atoms with van der Waals surface area (Å²) in [6.45, 7) is 3.47. The molecule has 0 aliphatic carbocycles. The first-order valence-electron chi connectivity index (χ1n) is 5.83. The molecule has 1 aromatic heterocycles. The van der Waals surface area contributed by atoms with E-state index in [9.17, 15) is 17.6 Å². The zero-order valence-corrected chi connectivity index (χ0v) is 12.8. The lowest BCUT2D eigenvalue weighted by Gasteiger charge is -2.08. The molecule has 0 radical (unpaired) electrons. The lowest BCUT2D eigenvalue weighted by molar-refractivity contribution is 0.0692. The number of carbonyl (C=O) groups is 1. The zero-order valence-electron chi connectivity index (χ0n) is 11.2. The summed E-state index contributed by atoms with van der Waals surface area (Å²) in [6.07, 6.45) is 0. The minimum absolute atomic E-state index is 0.0271. The van der Waals surface area contributed by atoms with Crippen molar-refractivity contribution in [1.82, 2.24) is 0 Å². The van der Waals surface area contributed by atoms with Crippen LogP contribution in [0.15, 0.2) is 29.2 Å². The number of nitrogens with one attached hydrogen (secondary N) is 1. The molecule has 0 atom stereocenters. The summed E-state index contributed by atoms with van der Waals surface area (Å²) in [4.78, 5) is 12.3. The molecule has 0 spiro atoms. The Morgan fingerprint density at radius 2 is 1.95 bits per heavy atom. The summed E-state index contributed by atoms with van der Waals surface area (Å²) in [5.41, 5.74) is -0.541. The van der Waals surface area contributed by atoms with Gasteiger partial charge in [-0.2, -0.15) is 0 Å². The van der Waals surface area contributed by atoms with Gasteiger partial charge in [0.2, 0.25) is 0 Å². The maximum absolute atomic E-state index is 13.5. The molecule has 0 saturated heterocycles. The van der Waals surface area contributed by atoms with Gasteiger partial charge in [0.15, 0.2) is 0 Å². The first-order valence-corrected chi connectivity index (χ1v) is 8.13. The Balaban J connectivity index is 2.35. The number of carboxylic acids is 1. The third-order valence-corrected chi connectivity index (χ3v) is 5.34. The van der Waals surface area contributed by atoms with Gasteiger partial charge in [-0.25, -0.2) is 17.6 Å². The quantitative estimate of drug-likeness (QED) is 0.903. The number of aromatic carboxylic acids is 1. The molecule has 5 nitrogen and oxygen atoms in total. The summed E-state index contributed by atoms with van der Waals surface area (Å²) in [6, 6.07) is 4.60. The average molecular weight is 329 g/mol. The average Bonchev–Trinajstić information content (AvgIpc) is 2.68. The van der Waals surface area contributed by atoms with Gasteiger partial charge in [-0.05, 0) is 38.1 Å². The fourth-order valence-electron chi connectivity index (χ4n) is 1.84. The van der Waals surface area contributed by atoms with Crippen LogP contribution in [0.2, 0.25) is 0 Å². The first-order chi connectivity index (χ1) is 9.70. The zero-order chi connectivity index (χ0) is 15.8. The van der Waals surface area contributed by atoms with Crippen molar-refractivity contribution >= 4 is 33.0 Å². The second-order valence-electron chi connectivity index (χ2n) is 4.38. The predicted octanol–water partition coefficient (Wildman–Crippen LogP) is 3.00. The van der Waals surface area contributed by atoms with Gasteiger partial charge in [0.05, 0.1) is 11.3 Å². The number of sulfonamides is 1. The van der Waals surface area contributed by atoms with Crippen LogP contribution in [0.25, 0.3) is 0 Å². The highest BCUT2D eigenvalue weighted by molar-refractivity contribution is 7.93. The van der Waals surface area contributed by atoms with Crippen molar-refractivity contribution in [1.29, 1.82) is 0 Å². The van der Waals surface area contributed by atoms with Crippen molar-refractivity contribution in [3.05, 3.63) is 45.4 Å². The molecule has 1 heterocycles. The second kappa shape index (κ2) is 5.45. The summed E-state index contributed by atoms with van der Waals surface area (Å²) in [7, 11) is -3.83. The first kappa shape index (κ1) is 15.5. The van der Waals surface area contributed by atoms with Crippen LogP contribution in [-0.2, 0) is 10.0 Å². The van der Waals surface area contributed by atoms with Gasteiger partial charge < -0.3 is 5.11 Å². The third kappa shape index (κ3) is 3.22. The molecule has 0 bridgehead atoms. The van der Waals surface area contributed by atoms with Crippen LogP contribution in [0, 0.1) is 19.7 Å². The minimum atomic E-state index is -3.83.